The zero-order valence-corrected chi connectivity index (χ0v) is 9.07. The van der Waals surface area contributed by atoms with Crippen LogP contribution < -0.4 is 5.73 Å². The second kappa shape index (κ2) is 4.02. The van der Waals surface area contributed by atoms with Gasteiger partial charge in [-0.2, -0.15) is 4.98 Å². The van der Waals surface area contributed by atoms with E-state index in [0.29, 0.717) is 22.8 Å². The van der Waals surface area contributed by atoms with Crippen molar-refractivity contribution in [1.29, 1.82) is 0 Å². The van der Waals surface area contributed by atoms with Crippen molar-refractivity contribution in [2.75, 3.05) is 0 Å². The van der Waals surface area contributed by atoms with E-state index in [9.17, 15) is 4.39 Å². The molecule has 16 heavy (non-hydrogen) atoms. The monoisotopic (exact) mass is 221 g/mol. The van der Waals surface area contributed by atoms with E-state index in [-0.39, 0.29) is 11.9 Å². The van der Waals surface area contributed by atoms with E-state index in [2.05, 4.69) is 10.1 Å². The Labute approximate surface area is 92.3 Å². The maximum absolute atomic E-state index is 13.3. The molecule has 0 aliphatic rings. The third kappa shape index (κ3) is 1.94. The Balaban J connectivity index is 2.39. The Morgan fingerprint density at radius 3 is 2.75 bits per heavy atom. The van der Waals surface area contributed by atoms with Gasteiger partial charge in [0.15, 0.2) is 0 Å². The van der Waals surface area contributed by atoms with Crippen LogP contribution in [0.1, 0.15) is 24.4 Å². The zero-order valence-electron chi connectivity index (χ0n) is 9.07. The molecule has 0 bridgehead atoms. The molecule has 1 aromatic heterocycles. The van der Waals surface area contributed by atoms with Crippen molar-refractivity contribution >= 4 is 0 Å². The van der Waals surface area contributed by atoms with Crippen LogP contribution in [0.2, 0.25) is 0 Å². The van der Waals surface area contributed by atoms with Crippen molar-refractivity contribution in [3.05, 3.63) is 35.5 Å². The minimum Gasteiger partial charge on any atom is -0.337 e. The number of hydrogen-bond donors (Lipinski definition) is 1. The Morgan fingerprint density at radius 2 is 2.19 bits per heavy atom. The van der Waals surface area contributed by atoms with Crippen LogP contribution in [0.15, 0.2) is 22.7 Å². The van der Waals surface area contributed by atoms with Gasteiger partial charge in [-0.25, -0.2) is 4.39 Å². The molecule has 2 rings (SSSR count). The molecule has 2 N–H and O–H groups in total. The van der Waals surface area contributed by atoms with E-state index in [1.54, 1.807) is 26.0 Å². The molecule has 0 saturated carbocycles. The Bertz CT molecular complexity index is 508. The molecule has 1 atom stereocenters. The summed E-state index contributed by atoms with van der Waals surface area (Å²) in [5, 5.41) is 3.75. The van der Waals surface area contributed by atoms with E-state index in [1.807, 2.05) is 0 Å². The van der Waals surface area contributed by atoms with Crippen LogP contribution in [-0.4, -0.2) is 10.1 Å². The summed E-state index contributed by atoms with van der Waals surface area (Å²) >= 11 is 0. The smallest absolute Gasteiger partial charge is 0.243 e. The largest absolute Gasteiger partial charge is 0.337 e. The SMILES string of the molecule is Cc1ccc(-c2noc(C(C)N)n2)cc1F. The summed E-state index contributed by atoms with van der Waals surface area (Å²) in [5.41, 5.74) is 6.75. The number of hydrogen-bond acceptors (Lipinski definition) is 4. The highest BCUT2D eigenvalue weighted by Gasteiger charge is 2.12. The van der Waals surface area contributed by atoms with Crippen LogP contribution in [0.3, 0.4) is 0 Å². The van der Waals surface area contributed by atoms with E-state index in [1.165, 1.54) is 6.07 Å². The first-order valence-corrected chi connectivity index (χ1v) is 4.93. The summed E-state index contributed by atoms with van der Waals surface area (Å²) in [5.74, 6) is 0.409. The fraction of sp³-hybridized carbons (Fsp3) is 0.273. The molecular formula is C11H12FN3O. The van der Waals surface area contributed by atoms with Gasteiger partial charge in [0.05, 0.1) is 6.04 Å². The van der Waals surface area contributed by atoms with Crippen molar-refractivity contribution in [2.45, 2.75) is 19.9 Å². The summed E-state index contributed by atoms with van der Waals surface area (Å²) in [7, 11) is 0. The van der Waals surface area contributed by atoms with E-state index in [4.69, 9.17) is 10.3 Å². The summed E-state index contributed by atoms with van der Waals surface area (Å²) in [6.07, 6.45) is 0. The lowest BCUT2D eigenvalue weighted by atomic mass is 10.1. The molecule has 0 aliphatic heterocycles. The van der Waals surface area contributed by atoms with E-state index in [0.717, 1.165) is 0 Å². The molecule has 2 aromatic rings. The van der Waals surface area contributed by atoms with E-state index >= 15 is 0 Å². The van der Waals surface area contributed by atoms with Crippen LogP contribution in [0, 0.1) is 12.7 Å². The summed E-state index contributed by atoms with van der Waals surface area (Å²) < 4.78 is 18.3. The minimum atomic E-state index is -0.323. The molecule has 0 radical (unpaired) electrons. The third-order valence-corrected chi connectivity index (χ3v) is 2.26. The van der Waals surface area contributed by atoms with Crippen LogP contribution in [0.5, 0.6) is 0 Å². The summed E-state index contributed by atoms with van der Waals surface area (Å²) in [6, 6.07) is 4.47. The highest BCUT2D eigenvalue weighted by atomic mass is 19.1. The maximum Gasteiger partial charge on any atom is 0.243 e. The van der Waals surface area contributed by atoms with Crippen molar-refractivity contribution < 1.29 is 8.91 Å². The third-order valence-electron chi connectivity index (χ3n) is 2.26. The van der Waals surface area contributed by atoms with Crippen LogP contribution >= 0.6 is 0 Å². The van der Waals surface area contributed by atoms with Gasteiger partial charge in [0.2, 0.25) is 11.7 Å². The normalized spacial score (nSPS) is 12.8. The number of nitrogens with zero attached hydrogens (tertiary/aromatic N) is 2. The number of halogens is 1. The van der Waals surface area contributed by atoms with Gasteiger partial charge in [-0.3, -0.25) is 0 Å². The first kappa shape index (κ1) is 10.8. The number of nitrogens with two attached hydrogens (primary N) is 1. The molecule has 0 saturated heterocycles. The van der Waals surface area contributed by atoms with Gasteiger partial charge in [-0.05, 0) is 25.5 Å². The predicted octanol–water partition coefficient (Wildman–Crippen LogP) is 2.20. The minimum absolute atomic E-state index is 0.287. The fourth-order valence-electron chi connectivity index (χ4n) is 1.27. The second-order valence-corrected chi connectivity index (χ2v) is 3.71. The van der Waals surface area contributed by atoms with Crippen molar-refractivity contribution in [3.8, 4) is 11.4 Å². The number of aromatic nitrogens is 2. The fourth-order valence-corrected chi connectivity index (χ4v) is 1.27. The Morgan fingerprint density at radius 1 is 1.44 bits per heavy atom. The quantitative estimate of drug-likeness (QED) is 0.844. The maximum atomic E-state index is 13.3. The standard InChI is InChI=1S/C11H12FN3O/c1-6-3-4-8(5-9(6)12)10-14-11(7(2)13)16-15-10/h3-5,7H,13H2,1-2H3. The molecule has 0 spiro atoms. The number of aryl methyl sites for hydroxylation is 1. The van der Waals surface area contributed by atoms with Gasteiger partial charge >= 0.3 is 0 Å². The van der Waals surface area contributed by atoms with Crippen LogP contribution in [-0.2, 0) is 0 Å². The van der Waals surface area contributed by atoms with Crippen molar-refractivity contribution in [3.63, 3.8) is 0 Å². The van der Waals surface area contributed by atoms with Gasteiger partial charge in [-0.1, -0.05) is 17.3 Å². The highest BCUT2D eigenvalue weighted by molar-refractivity contribution is 5.54. The van der Waals surface area contributed by atoms with E-state index < -0.39 is 0 Å². The summed E-state index contributed by atoms with van der Waals surface area (Å²) in [4.78, 5) is 4.08. The summed E-state index contributed by atoms with van der Waals surface area (Å²) in [6.45, 7) is 3.44. The van der Waals surface area contributed by atoms with Gasteiger partial charge in [-0.15, -0.1) is 0 Å². The average Bonchev–Trinajstić information content (AvgIpc) is 2.71. The Kier molecular flexibility index (Phi) is 2.70. The van der Waals surface area contributed by atoms with Crippen molar-refractivity contribution in [2.24, 2.45) is 5.73 Å². The average molecular weight is 221 g/mol. The lowest BCUT2D eigenvalue weighted by Crippen LogP contribution is -2.04. The number of rotatable bonds is 2. The van der Waals surface area contributed by atoms with Gasteiger partial charge in [0.25, 0.3) is 0 Å². The zero-order chi connectivity index (χ0) is 11.7. The lowest BCUT2D eigenvalue weighted by Gasteiger charge is -1.98. The van der Waals surface area contributed by atoms with Gasteiger partial charge in [0.1, 0.15) is 5.82 Å². The molecule has 0 aliphatic carbocycles. The first-order valence-electron chi connectivity index (χ1n) is 4.93. The van der Waals surface area contributed by atoms with Gasteiger partial charge < -0.3 is 10.3 Å². The second-order valence-electron chi connectivity index (χ2n) is 3.71. The number of benzene rings is 1. The molecule has 0 amide bonds. The Hall–Kier alpha value is -1.75. The topological polar surface area (TPSA) is 64.9 Å². The molecular weight excluding hydrogens is 209 g/mol. The lowest BCUT2D eigenvalue weighted by molar-refractivity contribution is 0.362. The molecule has 1 unspecified atom stereocenters. The van der Waals surface area contributed by atoms with Crippen LogP contribution in [0.4, 0.5) is 4.39 Å². The first-order chi connectivity index (χ1) is 7.58. The molecule has 1 aromatic carbocycles. The molecule has 4 nitrogen and oxygen atoms in total. The van der Waals surface area contributed by atoms with Crippen molar-refractivity contribution in [1.82, 2.24) is 10.1 Å². The van der Waals surface area contributed by atoms with Gasteiger partial charge in [0, 0.05) is 5.56 Å². The molecule has 1 heterocycles. The van der Waals surface area contributed by atoms with Crippen LogP contribution in [0.25, 0.3) is 11.4 Å². The molecule has 84 valence electrons. The highest BCUT2D eigenvalue weighted by Crippen LogP contribution is 2.20. The predicted molar refractivity (Wildman–Crippen MR) is 57.0 cm³/mol. The molecule has 0 fully saturated rings. The molecule has 5 heteroatoms.